The number of rotatable bonds is 4. The molecule has 0 atom stereocenters. The van der Waals surface area contributed by atoms with Crippen LogP contribution in [0.15, 0.2) is 41.6 Å². The number of hydrogen-bond donors (Lipinski definition) is 2. The maximum absolute atomic E-state index is 12.2. The molecule has 21 heavy (non-hydrogen) atoms. The molecule has 3 rings (SSSR count). The van der Waals surface area contributed by atoms with E-state index >= 15 is 0 Å². The quantitative estimate of drug-likeness (QED) is 0.875. The number of benzene rings is 1. The standard InChI is InChI=1S/C13H13N3O4S/c14-6-9-1-4-13(15-7-9)21(17,18)16-10-2-3-11-12(5-10)20-8-19-11/h1-5,7,16H,6,8,14H2. The summed E-state index contributed by atoms with van der Waals surface area (Å²) in [5.41, 5.74) is 6.59. The van der Waals surface area contributed by atoms with Crippen LogP contribution in [0.5, 0.6) is 11.5 Å². The molecule has 0 saturated carbocycles. The van der Waals surface area contributed by atoms with Crippen LogP contribution in [0.2, 0.25) is 0 Å². The molecule has 1 aromatic carbocycles. The van der Waals surface area contributed by atoms with Crippen molar-refractivity contribution >= 4 is 15.7 Å². The number of ether oxygens (including phenoxy) is 2. The van der Waals surface area contributed by atoms with Crippen molar-refractivity contribution in [3.63, 3.8) is 0 Å². The minimum Gasteiger partial charge on any atom is -0.454 e. The first-order valence-corrected chi connectivity index (χ1v) is 7.64. The van der Waals surface area contributed by atoms with Gasteiger partial charge in [-0.15, -0.1) is 0 Å². The highest BCUT2D eigenvalue weighted by atomic mass is 32.2. The molecule has 0 aliphatic carbocycles. The zero-order valence-electron chi connectivity index (χ0n) is 10.9. The summed E-state index contributed by atoms with van der Waals surface area (Å²) < 4.78 is 37.3. The predicted molar refractivity (Wildman–Crippen MR) is 75.5 cm³/mol. The van der Waals surface area contributed by atoms with E-state index in [0.717, 1.165) is 5.56 Å². The fraction of sp³-hybridized carbons (Fsp3) is 0.154. The second-order valence-electron chi connectivity index (χ2n) is 4.38. The zero-order valence-corrected chi connectivity index (χ0v) is 11.8. The fourth-order valence-corrected chi connectivity index (χ4v) is 2.84. The minimum atomic E-state index is -3.75. The van der Waals surface area contributed by atoms with Gasteiger partial charge in [0.1, 0.15) is 0 Å². The van der Waals surface area contributed by atoms with Crippen molar-refractivity contribution in [2.75, 3.05) is 11.5 Å². The highest BCUT2D eigenvalue weighted by Gasteiger charge is 2.18. The van der Waals surface area contributed by atoms with Crippen LogP contribution in [0.1, 0.15) is 5.56 Å². The van der Waals surface area contributed by atoms with Gasteiger partial charge in [-0.25, -0.2) is 4.98 Å². The molecule has 8 heteroatoms. The van der Waals surface area contributed by atoms with Gasteiger partial charge in [0.05, 0.1) is 5.69 Å². The molecule has 0 saturated heterocycles. The summed E-state index contributed by atoms with van der Waals surface area (Å²) >= 11 is 0. The van der Waals surface area contributed by atoms with Gasteiger partial charge in [0.25, 0.3) is 10.0 Å². The van der Waals surface area contributed by atoms with Gasteiger partial charge < -0.3 is 15.2 Å². The molecule has 7 nitrogen and oxygen atoms in total. The molecule has 1 aliphatic rings. The first kappa shape index (κ1) is 13.7. The Kier molecular flexibility index (Phi) is 3.40. The number of nitrogens with two attached hydrogens (primary N) is 1. The Morgan fingerprint density at radius 2 is 2.00 bits per heavy atom. The molecule has 1 aromatic heterocycles. The molecule has 2 aromatic rings. The second-order valence-corrected chi connectivity index (χ2v) is 6.01. The van der Waals surface area contributed by atoms with E-state index in [1.165, 1.54) is 12.3 Å². The van der Waals surface area contributed by atoms with E-state index < -0.39 is 10.0 Å². The number of nitrogens with one attached hydrogen (secondary N) is 1. The van der Waals surface area contributed by atoms with E-state index in [-0.39, 0.29) is 11.8 Å². The van der Waals surface area contributed by atoms with Gasteiger partial charge in [-0.05, 0) is 23.8 Å². The van der Waals surface area contributed by atoms with Crippen molar-refractivity contribution in [2.45, 2.75) is 11.6 Å². The maximum atomic E-state index is 12.2. The Bertz CT molecular complexity index is 759. The Morgan fingerprint density at radius 1 is 1.19 bits per heavy atom. The average molecular weight is 307 g/mol. The number of fused-ring (bicyclic) bond motifs is 1. The molecule has 0 fully saturated rings. The third-order valence-corrected chi connectivity index (χ3v) is 4.23. The molecular formula is C13H13N3O4S. The summed E-state index contributed by atoms with van der Waals surface area (Å²) in [4.78, 5) is 3.90. The summed E-state index contributed by atoms with van der Waals surface area (Å²) in [6.45, 7) is 0.441. The van der Waals surface area contributed by atoms with E-state index in [1.54, 1.807) is 24.3 Å². The molecule has 0 spiro atoms. The second kappa shape index (κ2) is 5.23. The van der Waals surface area contributed by atoms with Gasteiger partial charge in [-0.1, -0.05) is 6.07 Å². The first-order chi connectivity index (χ1) is 10.1. The average Bonchev–Trinajstić information content (AvgIpc) is 2.94. The predicted octanol–water partition coefficient (Wildman–Crippen LogP) is 1.07. The van der Waals surface area contributed by atoms with Gasteiger partial charge in [-0.3, -0.25) is 4.72 Å². The highest BCUT2D eigenvalue weighted by Crippen LogP contribution is 2.34. The summed E-state index contributed by atoms with van der Waals surface area (Å²) in [5, 5.41) is -0.0719. The number of hydrogen-bond acceptors (Lipinski definition) is 6. The van der Waals surface area contributed by atoms with Crippen molar-refractivity contribution in [1.82, 2.24) is 4.98 Å². The smallest absolute Gasteiger partial charge is 0.279 e. The molecule has 0 radical (unpaired) electrons. The lowest BCUT2D eigenvalue weighted by Crippen LogP contribution is -2.14. The van der Waals surface area contributed by atoms with E-state index in [1.807, 2.05) is 0 Å². The van der Waals surface area contributed by atoms with Crippen molar-refractivity contribution in [2.24, 2.45) is 5.73 Å². The summed E-state index contributed by atoms with van der Waals surface area (Å²) in [6, 6.07) is 7.84. The third kappa shape index (κ3) is 2.76. The molecule has 0 bridgehead atoms. The lowest BCUT2D eigenvalue weighted by atomic mass is 10.3. The number of aromatic nitrogens is 1. The zero-order chi connectivity index (χ0) is 14.9. The molecule has 0 amide bonds. The number of anilines is 1. The summed E-state index contributed by atoms with van der Waals surface area (Å²) in [6.07, 6.45) is 1.44. The van der Waals surface area contributed by atoms with Gasteiger partial charge in [0.15, 0.2) is 16.5 Å². The van der Waals surface area contributed by atoms with Gasteiger partial charge in [0, 0.05) is 18.8 Å². The van der Waals surface area contributed by atoms with Crippen LogP contribution in [0.4, 0.5) is 5.69 Å². The number of pyridine rings is 1. The number of sulfonamides is 1. The minimum absolute atomic E-state index is 0.0719. The van der Waals surface area contributed by atoms with Crippen LogP contribution in [-0.4, -0.2) is 20.2 Å². The molecule has 1 aliphatic heterocycles. The Morgan fingerprint density at radius 3 is 2.71 bits per heavy atom. The van der Waals surface area contributed by atoms with Crippen molar-refractivity contribution < 1.29 is 17.9 Å². The van der Waals surface area contributed by atoms with E-state index in [0.29, 0.717) is 23.7 Å². The van der Waals surface area contributed by atoms with Crippen LogP contribution in [-0.2, 0) is 16.6 Å². The van der Waals surface area contributed by atoms with E-state index in [9.17, 15) is 8.42 Å². The SMILES string of the molecule is NCc1ccc(S(=O)(=O)Nc2ccc3c(c2)OCO3)nc1. The van der Waals surface area contributed by atoms with Crippen LogP contribution < -0.4 is 19.9 Å². The fourth-order valence-electron chi connectivity index (χ4n) is 1.86. The van der Waals surface area contributed by atoms with Crippen LogP contribution >= 0.6 is 0 Å². The maximum Gasteiger partial charge on any atom is 0.279 e. The Hall–Kier alpha value is -2.32. The molecule has 110 valence electrons. The topological polar surface area (TPSA) is 104 Å². The van der Waals surface area contributed by atoms with Gasteiger partial charge in [-0.2, -0.15) is 8.42 Å². The lowest BCUT2D eigenvalue weighted by molar-refractivity contribution is 0.174. The number of nitrogens with zero attached hydrogens (tertiary/aromatic N) is 1. The largest absolute Gasteiger partial charge is 0.454 e. The van der Waals surface area contributed by atoms with Crippen molar-refractivity contribution in [3.8, 4) is 11.5 Å². The van der Waals surface area contributed by atoms with Crippen molar-refractivity contribution in [1.29, 1.82) is 0 Å². The van der Waals surface area contributed by atoms with Crippen molar-refractivity contribution in [3.05, 3.63) is 42.1 Å². The lowest BCUT2D eigenvalue weighted by Gasteiger charge is -2.08. The van der Waals surface area contributed by atoms with E-state index in [2.05, 4.69) is 9.71 Å². The summed E-state index contributed by atoms with van der Waals surface area (Å²) in [5.74, 6) is 1.09. The third-order valence-electron chi connectivity index (χ3n) is 2.93. The normalized spacial score (nSPS) is 13.2. The molecule has 2 heterocycles. The van der Waals surface area contributed by atoms with Gasteiger partial charge >= 0.3 is 0 Å². The monoisotopic (exact) mass is 307 g/mol. The highest BCUT2D eigenvalue weighted by molar-refractivity contribution is 7.92. The molecule has 0 unspecified atom stereocenters. The Balaban J connectivity index is 1.85. The first-order valence-electron chi connectivity index (χ1n) is 6.16. The van der Waals surface area contributed by atoms with Crippen LogP contribution in [0.3, 0.4) is 0 Å². The molecule has 3 N–H and O–H groups in total. The van der Waals surface area contributed by atoms with E-state index in [4.69, 9.17) is 15.2 Å². The van der Waals surface area contributed by atoms with Crippen LogP contribution in [0.25, 0.3) is 0 Å². The Labute approximate surface area is 121 Å². The molecular weight excluding hydrogens is 294 g/mol. The summed E-state index contributed by atoms with van der Waals surface area (Å²) in [7, 11) is -3.75. The van der Waals surface area contributed by atoms with Crippen LogP contribution in [0, 0.1) is 0 Å². The van der Waals surface area contributed by atoms with Gasteiger partial charge in [0.2, 0.25) is 6.79 Å².